The van der Waals surface area contributed by atoms with E-state index in [0.29, 0.717) is 5.11 Å². The predicted octanol–water partition coefficient (Wildman–Crippen LogP) is 6.63. The number of aromatic nitrogens is 2. The first-order valence-corrected chi connectivity index (χ1v) is 11.8. The van der Waals surface area contributed by atoms with Crippen molar-refractivity contribution in [2.24, 2.45) is 0 Å². The van der Waals surface area contributed by atoms with Crippen molar-refractivity contribution in [3.05, 3.63) is 112 Å². The standard InChI is InChI=1S/C27H25ClN4S/c1-17-18(2)31(22-13-9-10-20(28)16-22)19(3)24(17)26-25(23-14-7-8-15-29-23)30-27(33)32(26)21-11-5-4-6-12-21/h4-16,25-26H,1-3H3,(H,30,33)/t25-,26+/m0/s1. The molecule has 0 saturated carbocycles. The van der Waals surface area contributed by atoms with E-state index in [1.165, 1.54) is 22.5 Å². The molecule has 1 aliphatic heterocycles. The molecule has 0 radical (unpaired) electrons. The highest BCUT2D eigenvalue weighted by Crippen LogP contribution is 2.45. The summed E-state index contributed by atoms with van der Waals surface area (Å²) < 4.78 is 2.29. The van der Waals surface area contributed by atoms with Gasteiger partial charge in [0.1, 0.15) is 0 Å². The first kappa shape index (κ1) is 21.7. The van der Waals surface area contributed by atoms with E-state index >= 15 is 0 Å². The first-order valence-electron chi connectivity index (χ1n) is 11.0. The Hall–Kier alpha value is -3.15. The molecule has 0 unspecified atom stereocenters. The summed E-state index contributed by atoms with van der Waals surface area (Å²) in [6.45, 7) is 6.53. The van der Waals surface area contributed by atoms with Gasteiger partial charge in [-0.1, -0.05) is 41.9 Å². The summed E-state index contributed by atoms with van der Waals surface area (Å²) in [5.74, 6) is 0. The van der Waals surface area contributed by atoms with Crippen LogP contribution in [0.2, 0.25) is 5.02 Å². The Morgan fingerprint density at radius 1 is 0.879 bits per heavy atom. The van der Waals surface area contributed by atoms with Gasteiger partial charge in [0.2, 0.25) is 0 Å². The molecule has 33 heavy (non-hydrogen) atoms. The van der Waals surface area contributed by atoms with Crippen LogP contribution in [0.3, 0.4) is 0 Å². The molecule has 1 saturated heterocycles. The van der Waals surface area contributed by atoms with Crippen molar-refractivity contribution in [1.82, 2.24) is 14.9 Å². The minimum absolute atomic E-state index is 0.0473. The average molecular weight is 473 g/mol. The van der Waals surface area contributed by atoms with Crippen molar-refractivity contribution in [3.63, 3.8) is 0 Å². The number of rotatable bonds is 4. The van der Waals surface area contributed by atoms with Crippen LogP contribution in [0.25, 0.3) is 5.69 Å². The first-order chi connectivity index (χ1) is 16.0. The highest BCUT2D eigenvalue weighted by Gasteiger charge is 2.43. The van der Waals surface area contributed by atoms with Crippen LogP contribution < -0.4 is 10.2 Å². The Morgan fingerprint density at radius 2 is 1.61 bits per heavy atom. The number of benzene rings is 2. The molecule has 0 bridgehead atoms. The van der Waals surface area contributed by atoms with Crippen LogP contribution in [0.4, 0.5) is 5.69 Å². The molecule has 3 heterocycles. The molecule has 0 spiro atoms. The largest absolute Gasteiger partial charge is 0.351 e. The van der Waals surface area contributed by atoms with Gasteiger partial charge in [0.05, 0.1) is 17.8 Å². The summed E-state index contributed by atoms with van der Waals surface area (Å²) >= 11 is 12.2. The lowest BCUT2D eigenvalue weighted by Gasteiger charge is -2.29. The molecule has 4 nitrogen and oxygen atoms in total. The zero-order valence-electron chi connectivity index (χ0n) is 18.8. The summed E-state index contributed by atoms with van der Waals surface area (Å²) in [5, 5.41) is 4.99. The Labute approximate surface area is 204 Å². The second kappa shape index (κ2) is 8.65. The number of halogens is 1. The normalized spacial score (nSPS) is 17.9. The van der Waals surface area contributed by atoms with E-state index in [9.17, 15) is 0 Å². The van der Waals surface area contributed by atoms with Crippen molar-refractivity contribution in [2.75, 3.05) is 4.90 Å². The summed E-state index contributed by atoms with van der Waals surface area (Å²) in [6, 6.07) is 24.2. The van der Waals surface area contributed by atoms with E-state index in [1.807, 2.05) is 54.7 Å². The number of nitrogens with zero attached hydrogens (tertiary/aromatic N) is 3. The maximum atomic E-state index is 6.34. The fourth-order valence-electron chi connectivity index (χ4n) is 4.96. The van der Waals surface area contributed by atoms with Crippen LogP contribution >= 0.6 is 23.8 Å². The highest BCUT2D eigenvalue weighted by molar-refractivity contribution is 7.80. The number of thiocarbonyl (C=S) groups is 1. The SMILES string of the molecule is Cc1c([C@@H]2[C@H](c3ccccn3)NC(=S)N2c2ccccc2)c(C)n(-c2cccc(Cl)c2)c1C. The minimum atomic E-state index is -0.0779. The van der Waals surface area contributed by atoms with E-state index < -0.39 is 0 Å². The van der Waals surface area contributed by atoms with Crippen LogP contribution in [0.1, 0.15) is 40.3 Å². The molecule has 5 rings (SSSR count). The van der Waals surface area contributed by atoms with Gasteiger partial charge in [0, 0.05) is 39.5 Å². The fourth-order valence-corrected chi connectivity index (χ4v) is 5.49. The number of anilines is 1. The van der Waals surface area contributed by atoms with E-state index in [1.54, 1.807) is 0 Å². The van der Waals surface area contributed by atoms with E-state index in [0.717, 1.165) is 22.1 Å². The van der Waals surface area contributed by atoms with Crippen LogP contribution in [0.5, 0.6) is 0 Å². The molecule has 1 fully saturated rings. The number of pyridine rings is 1. The third-order valence-corrected chi connectivity index (χ3v) is 7.05. The molecule has 0 aliphatic carbocycles. The van der Waals surface area contributed by atoms with Crippen LogP contribution in [-0.2, 0) is 0 Å². The van der Waals surface area contributed by atoms with Crippen molar-refractivity contribution >= 4 is 34.6 Å². The second-order valence-corrected chi connectivity index (χ2v) is 9.18. The third-order valence-electron chi connectivity index (χ3n) is 6.50. The van der Waals surface area contributed by atoms with Gasteiger partial charge < -0.3 is 14.8 Å². The lowest BCUT2D eigenvalue weighted by molar-refractivity contribution is 0.563. The summed E-state index contributed by atoms with van der Waals surface area (Å²) in [7, 11) is 0. The molecular formula is C27H25ClN4S. The van der Waals surface area contributed by atoms with E-state index in [2.05, 4.69) is 64.8 Å². The molecule has 6 heteroatoms. The molecule has 2 aromatic carbocycles. The molecular weight excluding hydrogens is 448 g/mol. The van der Waals surface area contributed by atoms with Gasteiger partial charge in [-0.25, -0.2) is 0 Å². The number of hydrogen-bond donors (Lipinski definition) is 1. The van der Waals surface area contributed by atoms with Crippen molar-refractivity contribution in [1.29, 1.82) is 0 Å². The number of nitrogens with one attached hydrogen (secondary N) is 1. The average Bonchev–Trinajstić information content (AvgIpc) is 3.27. The van der Waals surface area contributed by atoms with E-state index in [4.69, 9.17) is 23.8 Å². The topological polar surface area (TPSA) is 33.1 Å². The van der Waals surface area contributed by atoms with Gasteiger partial charge >= 0.3 is 0 Å². The summed E-state index contributed by atoms with van der Waals surface area (Å²) in [5.41, 5.74) is 7.94. The van der Waals surface area contributed by atoms with Crippen molar-refractivity contribution in [2.45, 2.75) is 32.9 Å². The van der Waals surface area contributed by atoms with Gasteiger partial charge in [-0.2, -0.15) is 0 Å². The Morgan fingerprint density at radius 3 is 2.30 bits per heavy atom. The van der Waals surface area contributed by atoms with Gasteiger partial charge in [0.25, 0.3) is 0 Å². The van der Waals surface area contributed by atoms with E-state index in [-0.39, 0.29) is 12.1 Å². The number of hydrogen-bond acceptors (Lipinski definition) is 2. The molecule has 2 atom stereocenters. The summed E-state index contributed by atoms with van der Waals surface area (Å²) in [6.07, 6.45) is 1.84. The maximum Gasteiger partial charge on any atom is 0.174 e. The molecule has 4 aromatic rings. The minimum Gasteiger partial charge on any atom is -0.351 e. The quantitative estimate of drug-likeness (QED) is 0.338. The maximum absolute atomic E-state index is 6.34. The van der Waals surface area contributed by atoms with Crippen molar-refractivity contribution < 1.29 is 0 Å². The van der Waals surface area contributed by atoms with Gasteiger partial charge in [-0.3, -0.25) is 4.98 Å². The molecule has 0 amide bonds. The molecule has 166 valence electrons. The Balaban J connectivity index is 1.73. The zero-order valence-corrected chi connectivity index (χ0v) is 20.4. The predicted molar refractivity (Wildman–Crippen MR) is 139 cm³/mol. The fraction of sp³-hybridized carbons (Fsp3) is 0.185. The summed E-state index contributed by atoms with van der Waals surface area (Å²) in [4.78, 5) is 6.91. The van der Waals surface area contributed by atoms with Gasteiger partial charge in [-0.05, 0) is 81.0 Å². The smallest absolute Gasteiger partial charge is 0.174 e. The molecule has 2 aromatic heterocycles. The lowest BCUT2D eigenvalue weighted by Crippen LogP contribution is -2.29. The van der Waals surface area contributed by atoms with Gasteiger partial charge in [0.15, 0.2) is 5.11 Å². The van der Waals surface area contributed by atoms with Crippen LogP contribution in [0, 0.1) is 20.8 Å². The third kappa shape index (κ3) is 3.71. The molecule has 1 N–H and O–H groups in total. The van der Waals surface area contributed by atoms with Gasteiger partial charge in [-0.15, -0.1) is 0 Å². The zero-order chi connectivity index (χ0) is 23.1. The second-order valence-electron chi connectivity index (χ2n) is 8.36. The van der Waals surface area contributed by atoms with Crippen molar-refractivity contribution in [3.8, 4) is 5.69 Å². The van der Waals surface area contributed by atoms with Crippen LogP contribution in [0.15, 0.2) is 79.0 Å². The number of para-hydroxylation sites is 1. The van der Waals surface area contributed by atoms with Crippen LogP contribution in [-0.4, -0.2) is 14.7 Å². The highest BCUT2D eigenvalue weighted by atomic mass is 35.5. The lowest BCUT2D eigenvalue weighted by atomic mass is 9.93. The Kier molecular flexibility index (Phi) is 5.69. The monoisotopic (exact) mass is 472 g/mol. The molecule has 1 aliphatic rings. The Bertz CT molecular complexity index is 1320.